The first-order valence-corrected chi connectivity index (χ1v) is 16.7. The lowest BCUT2D eigenvalue weighted by Crippen LogP contribution is -2.45. The summed E-state index contributed by atoms with van der Waals surface area (Å²) in [7, 11) is 1.23. The van der Waals surface area contributed by atoms with Crippen LogP contribution in [0, 0.1) is 0 Å². The number of likely N-dealkylation sites (N-methyl/N-ethyl adjacent to an activating group) is 1. The van der Waals surface area contributed by atoms with Crippen LogP contribution in [0.1, 0.15) is 110 Å². The number of phosphoric acid groups is 1. The lowest BCUT2D eigenvalue weighted by atomic mass is 10.1. The van der Waals surface area contributed by atoms with Gasteiger partial charge in [-0.15, -0.1) is 0 Å². The minimum Gasteiger partial charge on any atom is -0.756 e. The van der Waals surface area contributed by atoms with Crippen molar-refractivity contribution in [3.63, 3.8) is 0 Å². The van der Waals surface area contributed by atoms with E-state index in [1.54, 1.807) is 6.08 Å². The van der Waals surface area contributed by atoms with E-state index in [0.717, 1.165) is 38.5 Å². The van der Waals surface area contributed by atoms with E-state index in [9.17, 15) is 19.4 Å². The Morgan fingerprint density at radius 1 is 0.872 bits per heavy atom. The molecule has 0 heterocycles. The van der Waals surface area contributed by atoms with Gasteiger partial charge >= 0.3 is 0 Å². The SMILES string of the molecule is CCCCCC/C=C/CC/C=C/[C@@H](O)[C@H](COP(=O)([O-])OCC[N+](C)(C)C)NC(=O)CCCCCCCCC. The molecule has 0 aliphatic heterocycles. The monoisotopic (exact) mass is 574 g/mol. The van der Waals surface area contributed by atoms with Gasteiger partial charge in [-0.1, -0.05) is 95.9 Å². The first kappa shape index (κ1) is 38.0. The number of allylic oxidation sites excluding steroid dienone is 3. The number of phosphoric ester groups is 1. The number of hydrogen-bond acceptors (Lipinski definition) is 6. The summed E-state index contributed by atoms with van der Waals surface area (Å²) in [6.45, 7) is 4.48. The Labute approximate surface area is 239 Å². The second-order valence-corrected chi connectivity index (χ2v) is 12.9. The number of hydrogen-bond donors (Lipinski definition) is 2. The molecule has 39 heavy (non-hydrogen) atoms. The Balaban J connectivity index is 4.76. The quantitative estimate of drug-likeness (QED) is 0.0564. The normalized spacial score (nSPS) is 15.6. The molecule has 0 aromatic rings. The molecule has 0 bridgehead atoms. The van der Waals surface area contributed by atoms with Crippen molar-refractivity contribution in [2.75, 3.05) is 40.9 Å². The second-order valence-electron chi connectivity index (χ2n) is 11.5. The summed E-state index contributed by atoms with van der Waals surface area (Å²) >= 11 is 0. The summed E-state index contributed by atoms with van der Waals surface area (Å²) in [5, 5.41) is 13.5. The van der Waals surface area contributed by atoms with Crippen molar-refractivity contribution < 1.29 is 32.9 Å². The van der Waals surface area contributed by atoms with Crippen molar-refractivity contribution in [3.05, 3.63) is 24.3 Å². The maximum atomic E-state index is 12.6. The van der Waals surface area contributed by atoms with Crippen molar-refractivity contribution in [2.45, 2.75) is 122 Å². The molecule has 0 fully saturated rings. The highest BCUT2D eigenvalue weighted by Gasteiger charge is 2.23. The number of carbonyl (C=O) groups excluding carboxylic acids is 1. The lowest BCUT2D eigenvalue weighted by Gasteiger charge is -2.29. The van der Waals surface area contributed by atoms with Crippen LogP contribution in [0.5, 0.6) is 0 Å². The number of unbranched alkanes of at least 4 members (excludes halogenated alkanes) is 11. The third kappa shape index (κ3) is 25.7. The molecular weight excluding hydrogens is 515 g/mol. The van der Waals surface area contributed by atoms with Gasteiger partial charge in [-0.25, -0.2) is 0 Å². The van der Waals surface area contributed by atoms with E-state index in [0.29, 0.717) is 17.4 Å². The number of aliphatic hydroxyl groups excluding tert-OH is 1. The van der Waals surface area contributed by atoms with E-state index in [-0.39, 0.29) is 12.5 Å². The Hall–Kier alpha value is -1.02. The third-order valence-corrected chi connectivity index (χ3v) is 7.38. The van der Waals surface area contributed by atoms with E-state index < -0.39 is 26.6 Å². The van der Waals surface area contributed by atoms with Gasteiger partial charge in [0.15, 0.2) is 0 Å². The maximum absolute atomic E-state index is 12.6. The van der Waals surface area contributed by atoms with Crippen LogP contribution < -0.4 is 10.2 Å². The van der Waals surface area contributed by atoms with Gasteiger partial charge in [0.1, 0.15) is 13.2 Å². The van der Waals surface area contributed by atoms with Crippen LogP contribution in [0.3, 0.4) is 0 Å². The van der Waals surface area contributed by atoms with Crippen LogP contribution >= 0.6 is 7.82 Å². The van der Waals surface area contributed by atoms with Crippen molar-refractivity contribution in [2.24, 2.45) is 0 Å². The van der Waals surface area contributed by atoms with Crippen molar-refractivity contribution in [1.29, 1.82) is 0 Å². The number of carbonyl (C=O) groups is 1. The zero-order valence-electron chi connectivity index (χ0n) is 25.6. The fourth-order valence-electron chi connectivity index (χ4n) is 3.87. The molecule has 0 rings (SSSR count). The molecule has 3 atom stereocenters. The maximum Gasteiger partial charge on any atom is 0.268 e. The summed E-state index contributed by atoms with van der Waals surface area (Å²) in [6.07, 6.45) is 22.4. The van der Waals surface area contributed by atoms with Gasteiger partial charge in [-0.2, -0.15) is 0 Å². The highest BCUT2D eigenvalue weighted by Crippen LogP contribution is 2.38. The molecule has 9 heteroatoms. The molecular formula is C30H59N2O6P. The Morgan fingerprint density at radius 2 is 1.44 bits per heavy atom. The van der Waals surface area contributed by atoms with Crippen LogP contribution in [-0.2, 0) is 18.4 Å². The standard InChI is InChI=1S/C30H59N2O6P/c1-6-8-10-12-14-15-16-18-19-21-23-29(33)28(27-38-39(35,36)37-26-25-32(3,4)5)31-30(34)24-22-20-17-13-11-9-7-2/h15-16,21,23,28-29,33H,6-14,17-20,22,24-27H2,1-5H3,(H-,31,34,35,36)/b16-15+,23-21+/t28-,29+/m0/s1. The number of quaternary nitrogens is 1. The van der Waals surface area contributed by atoms with Crippen LogP contribution in [0.4, 0.5) is 0 Å². The molecule has 0 radical (unpaired) electrons. The molecule has 0 aliphatic carbocycles. The molecule has 230 valence electrons. The van der Waals surface area contributed by atoms with Gasteiger partial charge in [-0.05, 0) is 32.1 Å². The predicted molar refractivity (Wildman–Crippen MR) is 159 cm³/mol. The molecule has 0 saturated carbocycles. The van der Waals surface area contributed by atoms with Gasteiger partial charge in [0, 0.05) is 6.42 Å². The van der Waals surface area contributed by atoms with Crippen molar-refractivity contribution >= 4 is 13.7 Å². The average molecular weight is 575 g/mol. The molecule has 0 aromatic carbocycles. The Bertz CT molecular complexity index is 708. The smallest absolute Gasteiger partial charge is 0.268 e. The summed E-state index contributed by atoms with van der Waals surface area (Å²) in [4.78, 5) is 24.8. The van der Waals surface area contributed by atoms with E-state index >= 15 is 0 Å². The van der Waals surface area contributed by atoms with Crippen LogP contribution in [0.25, 0.3) is 0 Å². The molecule has 8 nitrogen and oxygen atoms in total. The second kappa shape index (κ2) is 23.7. The minimum absolute atomic E-state index is 0.00582. The largest absolute Gasteiger partial charge is 0.756 e. The molecule has 1 amide bonds. The first-order chi connectivity index (χ1) is 18.5. The fraction of sp³-hybridized carbons (Fsp3) is 0.833. The fourth-order valence-corrected chi connectivity index (χ4v) is 4.59. The van der Waals surface area contributed by atoms with Crippen LogP contribution in [0.2, 0.25) is 0 Å². The topological polar surface area (TPSA) is 108 Å². The third-order valence-electron chi connectivity index (χ3n) is 6.41. The first-order valence-electron chi connectivity index (χ1n) is 15.2. The number of nitrogens with one attached hydrogen (secondary N) is 1. The summed E-state index contributed by atoms with van der Waals surface area (Å²) in [6, 6.07) is -0.892. The highest BCUT2D eigenvalue weighted by molar-refractivity contribution is 7.45. The zero-order valence-corrected chi connectivity index (χ0v) is 26.5. The van der Waals surface area contributed by atoms with E-state index in [4.69, 9.17) is 9.05 Å². The summed E-state index contributed by atoms with van der Waals surface area (Å²) in [5.41, 5.74) is 0. The van der Waals surface area contributed by atoms with Gasteiger partial charge in [-0.3, -0.25) is 9.36 Å². The predicted octanol–water partition coefficient (Wildman–Crippen LogP) is 6.04. The number of nitrogens with zero attached hydrogens (tertiary/aromatic N) is 1. The van der Waals surface area contributed by atoms with Crippen LogP contribution in [-0.4, -0.2) is 68.5 Å². The van der Waals surface area contributed by atoms with Gasteiger partial charge in [0.25, 0.3) is 7.82 Å². The molecule has 0 aliphatic rings. The molecule has 0 spiro atoms. The van der Waals surface area contributed by atoms with Crippen molar-refractivity contribution in [3.8, 4) is 0 Å². The summed E-state index contributed by atoms with van der Waals surface area (Å²) in [5.74, 6) is -0.220. The molecule has 2 N–H and O–H groups in total. The average Bonchev–Trinajstić information content (AvgIpc) is 2.86. The molecule has 1 unspecified atom stereocenters. The zero-order chi connectivity index (χ0) is 29.4. The Kier molecular flexibility index (Phi) is 23.0. The number of amides is 1. The van der Waals surface area contributed by atoms with E-state index in [1.807, 2.05) is 27.2 Å². The van der Waals surface area contributed by atoms with Crippen LogP contribution in [0.15, 0.2) is 24.3 Å². The van der Waals surface area contributed by atoms with E-state index in [1.165, 1.54) is 51.4 Å². The number of rotatable bonds is 26. The lowest BCUT2D eigenvalue weighted by molar-refractivity contribution is -0.870. The number of aliphatic hydroxyl groups is 1. The Morgan fingerprint density at radius 3 is 2.08 bits per heavy atom. The highest BCUT2D eigenvalue weighted by atomic mass is 31.2. The van der Waals surface area contributed by atoms with Gasteiger partial charge < -0.3 is 28.8 Å². The van der Waals surface area contributed by atoms with Crippen molar-refractivity contribution in [1.82, 2.24) is 5.32 Å². The summed E-state index contributed by atoms with van der Waals surface area (Å²) < 4.78 is 22.8. The van der Waals surface area contributed by atoms with Gasteiger partial charge in [0.2, 0.25) is 5.91 Å². The van der Waals surface area contributed by atoms with Gasteiger partial charge in [0.05, 0.1) is 39.9 Å². The molecule has 0 aromatic heterocycles. The minimum atomic E-state index is -4.57. The molecule has 0 saturated heterocycles. The van der Waals surface area contributed by atoms with E-state index in [2.05, 4.69) is 31.3 Å².